The summed E-state index contributed by atoms with van der Waals surface area (Å²) in [6, 6.07) is 10.5. The number of piperazine rings is 1. The van der Waals surface area contributed by atoms with E-state index in [9.17, 15) is 22.8 Å². The summed E-state index contributed by atoms with van der Waals surface area (Å²) in [6.45, 7) is 3.44. The lowest BCUT2D eigenvalue weighted by Gasteiger charge is -2.34. The van der Waals surface area contributed by atoms with Gasteiger partial charge in [0.25, 0.3) is 5.91 Å². The minimum atomic E-state index is -3.68. The van der Waals surface area contributed by atoms with Crippen molar-refractivity contribution in [2.75, 3.05) is 32.7 Å². The second-order valence-corrected chi connectivity index (χ2v) is 11.5. The fourth-order valence-corrected chi connectivity index (χ4v) is 6.21. The molecular weight excluding hydrogens is 515 g/mol. The maximum absolute atomic E-state index is 13.2. The zero-order valence-corrected chi connectivity index (χ0v) is 21.5. The van der Waals surface area contributed by atoms with Crippen LogP contribution in [-0.4, -0.2) is 73.1 Å². The van der Waals surface area contributed by atoms with Crippen molar-refractivity contribution in [3.8, 4) is 0 Å². The molecule has 35 heavy (non-hydrogen) atoms. The molecule has 1 N–H and O–H groups in total. The number of aryl methyl sites for hydroxylation is 1. The summed E-state index contributed by atoms with van der Waals surface area (Å²) in [5.41, 5.74) is -0.124. The van der Waals surface area contributed by atoms with E-state index in [1.807, 2.05) is 6.92 Å². The van der Waals surface area contributed by atoms with Gasteiger partial charge < -0.3 is 10.2 Å². The number of hydrogen-bond acceptors (Lipinski definition) is 5. The predicted octanol–water partition coefficient (Wildman–Crippen LogP) is 2.60. The van der Waals surface area contributed by atoms with Crippen LogP contribution >= 0.6 is 23.2 Å². The molecule has 9 nitrogen and oxygen atoms in total. The number of sulfonamides is 1. The van der Waals surface area contributed by atoms with E-state index >= 15 is 0 Å². The Morgan fingerprint density at radius 3 is 2.26 bits per heavy atom. The first-order valence-electron chi connectivity index (χ1n) is 10.9. The van der Waals surface area contributed by atoms with Crippen molar-refractivity contribution in [1.82, 2.24) is 19.4 Å². The van der Waals surface area contributed by atoms with E-state index in [0.29, 0.717) is 10.6 Å². The minimum absolute atomic E-state index is 0.111. The van der Waals surface area contributed by atoms with E-state index in [4.69, 9.17) is 23.2 Å². The molecule has 0 unspecified atom stereocenters. The number of hydrogen-bond donors (Lipinski definition) is 1. The van der Waals surface area contributed by atoms with Gasteiger partial charge in [-0.1, -0.05) is 47.0 Å². The Kier molecular flexibility index (Phi) is 6.85. The van der Waals surface area contributed by atoms with Crippen molar-refractivity contribution in [3.63, 3.8) is 0 Å². The molecule has 0 aromatic heterocycles. The van der Waals surface area contributed by atoms with Crippen LogP contribution in [0.5, 0.6) is 0 Å². The second-order valence-electron chi connectivity index (χ2n) is 8.67. The quantitative estimate of drug-likeness (QED) is 0.588. The van der Waals surface area contributed by atoms with Gasteiger partial charge in [0.1, 0.15) is 12.1 Å². The van der Waals surface area contributed by atoms with Gasteiger partial charge >= 0.3 is 6.03 Å². The monoisotopic (exact) mass is 538 g/mol. The Bertz CT molecular complexity index is 1290. The zero-order valence-electron chi connectivity index (χ0n) is 19.1. The lowest BCUT2D eigenvalue weighted by atomic mass is 9.92. The molecule has 0 aliphatic carbocycles. The van der Waals surface area contributed by atoms with Gasteiger partial charge in [-0.05, 0) is 38.1 Å². The molecule has 2 aromatic carbocycles. The Balaban J connectivity index is 1.41. The summed E-state index contributed by atoms with van der Waals surface area (Å²) in [5, 5.41) is 3.22. The highest BCUT2D eigenvalue weighted by Crippen LogP contribution is 2.35. The fourth-order valence-electron chi connectivity index (χ4n) is 4.19. The number of rotatable bonds is 5. The number of nitrogens with zero attached hydrogens (tertiary/aromatic N) is 3. The van der Waals surface area contributed by atoms with Crippen molar-refractivity contribution < 1.29 is 22.8 Å². The SMILES string of the molecule is Cc1ccc(S(=O)(=O)N2CCN(C(=O)CN3C(=O)N[C@@](C)(c4ccc(Cl)cc4Cl)C3=O)CC2)cc1. The first-order chi connectivity index (χ1) is 16.4. The molecule has 2 aliphatic heterocycles. The van der Waals surface area contributed by atoms with Crippen molar-refractivity contribution in [2.45, 2.75) is 24.3 Å². The van der Waals surface area contributed by atoms with Crippen LogP contribution in [0.2, 0.25) is 10.0 Å². The molecule has 2 saturated heterocycles. The summed E-state index contributed by atoms with van der Waals surface area (Å²) in [7, 11) is -3.68. The number of nitrogens with one attached hydrogen (secondary N) is 1. The number of amides is 4. The van der Waals surface area contributed by atoms with Crippen molar-refractivity contribution in [1.29, 1.82) is 0 Å². The van der Waals surface area contributed by atoms with Crippen molar-refractivity contribution in [2.24, 2.45) is 0 Å². The fraction of sp³-hybridized carbons (Fsp3) is 0.348. The van der Waals surface area contributed by atoms with Gasteiger partial charge in [0.2, 0.25) is 15.9 Å². The smallest absolute Gasteiger partial charge is 0.325 e. The summed E-state index contributed by atoms with van der Waals surface area (Å²) in [4.78, 5) is 41.2. The van der Waals surface area contributed by atoms with Crippen LogP contribution in [0.3, 0.4) is 0 Å². The first kappa shape index (κ1) is 25.4. The molecule has 186 valence electrons. The molecule has 0 radical (unpaired) electrons. The summed E-state index contributed by atoms with van der Waals surface area (Å²) < 4.78 is 27.1. The largest absolute Gasteiger partial charge is 0.338 e. The normalized spacial score (nSPS) is 21.4. The van der Waals surface area contributed by atoms with Crippen LogP contribution in [0.1, 0.15) is 18.1 Å². The first-order valence-corrected chi connectivity index (χ1v) is 13.1. The average molecular weight is 539 g/mol. The number of urea groups is 1. The van der Waals surface area contributed by atoms with Crippen LogP contribution in [-0.2, 0) is 25.2 Å². The zero-order chi connectivity index (χ0) is 25.5. The van der Waals surface area contributed by atoms with Crippen LogP contribution in [0.15, 0.2) is 47.4 Å². The molecule has 0 spiro atoms. The van der Waals surface area contributed by atoms with Gasteiger partial charge in [-0.2, -0.15) is 4.31 Å². The Morgan fingerprint density at radius 2 is 1.66 bits per heavy atom. The van der Waals surface area contributed by atoms with Crippen LogP contribution in [0.25, 0.3) is 0 Å². The molecule has 0 bridgehead atoms. The second kappa shape index (κ2) is 9.42. The third-order valence-corrected chi connectivity index (χ3v) is 8.75. The van der Waals surface area contributed by atoms with Crippen molar-refractivity contribution >= 4 is 51.1 Å². The molecule has 2 fully saturated rings. The Hall–Kier alpha value is -2.66. The number of carbonyl (C=O) groups is 3. The third-order valence-electron chi connectivity index (χ3n) is 6.29. The van der Waals surface area contributed by atoms with Gasteiger partial charge in [-0.15, -0.1) is 0 Å². The predicted molar refractivity (Wildman–Crippen MR) is 131 cm³/mol. The molecule has 4 rings (SSSR count). The minimum Gasteiger partial charge on any atom is -0.338 e. The lowest BCUT2D eigenvalue weighted by molar-refractivity contribution is -0.139. The highest BCUT2D eigenvalue weighted by Gasteiger charge is 2.50. The van der Waals surface area contributed by atoms with Gasteiger partial charge in [-0.3, -0.25) is 14.5 Å². The maximum atomic E-state index is 13.2. The highest BCUT2D eigenvalue weighted by molar-refractivity contribution is 7.89. The molecule has 0 saturated carbocycles. The third kappa shape index (κ3) is 4.75. The topological polar surface area (TPSA) is 107 Å². The average Bonchev–Trinajstić information content (AvgIpc) is 3.02. The molecule has 2 aromatic rings. The van der Waals surface area contributed by atoms with Gasteiger partial charge in [0.05, 0.1) is 4.90 Å². The highest BCUT2D eigenvalue weighted by atomic mass is 35.5. The van der Waals surface area contributed by atoms with E-state index in [1.165, 1.54) is 22.2 Å². The number of carbonyl (C=O) groups excluding carboxylic acids is 3. The van der Waals surface area contributed by atoms with Gasteiger partial charge in [0.15, 0.2) is 0 Å². The van der Waals surface area contributed by atoms with E-state index in [2.05, 4.69) is 5.32 Å². The standard InChI is InChI=1S/C23H24Cl2N4O5S/c1-15-3-6-17(7-4-15)35(33,34)28-11-9-27(10-12-28)20(30)14-29-21(31)23(2,26-22(29)32)18-8-5-16(24)13-19(18)25/h3-8,13H,9-12,14H2,1-2H3,(H,26,32)/t23-/m0/s1. The molecule has 4 amide bonds. The van der Waals surface area contributed by atoms with E-state index in [-0.39, 0.29) is 36.1 Å². The van der Waals surface area contributed by atoms with E-state index in [1.54, 1.807) is 36.4 Å². The van der Waals surface area contributed by atoms with Crippen LogP contribution in [0, 0.1) is 6.92 Å². The van der Waals surface area contributed by atoms with Crippen molar-refractivity contribution in [3.05, 3.63) is 63.6 Å². The molecule has 2 heterocycles. The number of halogens is 2. The Labute approximate surface area is 213 Å². The summed E-state index contributed by atoms with van der Waals surface area (Å²) in [5.74, 6) is -1.06. The van der Waals surface area contributed by atoms with Gasteiger partial charge in [0, 0.05) is 41.8 Å². The number of benzene rings is 2. The van der Waals surface area contributed by atoms with Crippen LogP contribution in [0.4, 0.5) is 4.79 Å². The molecule has 12 heteroatoms. The summed E-state index contributed by atoms with van der Waals surface area (Å²) in [6.07, 6.45) is 0. The van der Waals surface area contributed by atoms with E-state index < -0.39 is 40.0 Å². The molecule has 1 atom stereocenters. The lowest BCUT2D eigenvalue weighted by Crippen LogP contribution is -2.53. The molecular formula is C23H24Cl2N4O5S. The summed E-state index contributed by atoms with van der Waals surface area (Å²) >= 11 is 12.2. The van der Waals surface area contributed by atoms with E-state index in [0.717, 1.165) is 10.5 Å². The van der Waals surface area contributed by atoms with Gasteiger partial charge in [-0.25, -0.2) is 13.2 Å². The molecule has 2 aliphatic rings. The number of imide groups is 1. The van der Waals surface area contributed by atoms with Crippen LogP contribution < -0.4 is 5.32 Å². The Morgan fingerprint density at radius 1 is 1.03 bits per heavy atom. The maximum Gasteiger partial charge on any atom is 0.325 e.